The fraction of sp³-hybridized carbons (Fsp3) is 0.545. The van der Waals surface area contributed by atoms with Crippen LogP contribution < -0.4 is 0 Å². The molecule has 0 aromatic heterocycles. The van der Waals surface area contributed by atoms with Crippen LogP contribution in [0.1, 0.15) is 39.7 Å². The Morgan fingerprint density at radius 1 is 0.846 bits per heavy atom. The summed E-state index contributed by atoms with van der Waals surface area (Å²) in [6.45, 7) is 8.15. The fourth-order valence-corrected chi connectivity index (χ4v) is 8.84. The van der Waals surface area contributed by atoms with Crippen molar-refractivity contribution < 1.29 is 9.13 Å². The predicted octanol–water partition coefficient (Wildman–Crippen LogP) is 6.82. The second-order valence-corrected chi connectivity index (χ2v) is 15.0. The van der Waals surface area contributed by atoms with Gasteiger partial charge in [-0.2, -0.15) is 0 Å². The summed E-state index contributed by atoms with van der Waals surface area (Å²) in [6.07, 6.45) is 11.8. The molecule has 1 aromatic carbocycles. The lowest BCUT2D eigenvalue weighted by molar-refractivity contribution is 0.468. The fourth-order valence-electron chi connectivity index (χ4n) is 3.89. The highest BCUT2D eigenvalue weighted by molar-refractivity contribution is 7.65. The lowest BCUT2D eigenvalue weighted by atomic mass is 9.82. The zero-order valence-corrected chi connectivity index (χ0v) is 18.6. The van der Waals surface area contributed by atoms with E-state index in [4.69, 9.17) is 0 Å². The van der Waals surface area contributed by atoms with Crippen molar-refractivity contribution in [2.75, 3.05) is 37.0 Å². The molecule has 1 aliphatic carbocycles. The van der Waals surface area contributed by atoms with Gasteiger partial charge < -0.3 is 9.13 Å². The van der Waals surface area contributed by atoms with Gasteiger partial charge in [-0.25, -0.2) is 0 Å². The van der Waals surface area contributed by atoms with E-state index >= 15 is 0 Å². The maximum Gasteiger partial charge on any atom is 0.0881 e. The van der Waals surface area contributed by atoms with E-state index in [1.165, 1.54) is 11.1 Å². The summed E-state index contributed by atoms with van der Waals surface area (Å²) in [5.74, 6) is 0. The summed E-state index contributed by atoms with van der Waals surface area (Å²) in [5.41, 5.74) is 2.20. The molecule has 0 atom stereocenters. The zero-order chi connectivity index (χ0) is 19.3. The number of allylic oxidation sites excluding steroid dienone is 4. The van der Waals surface area contributed by atoms with Crippen LogP contribution >= 0.6 is 14.3 Å². The smallest absolute Gasteiger partial charge is 0.0881 e. The standard InChI is InChI=1S/C22H34O2P2/c1-5-25(23,6-2)18-22(19-26(24,7-3)8-4)16-14-21(15-17-22)20-12-10-9-11-13-20/h9-16H,5-8,17-19H2,1-4H3. The summed E-state index contributed by atoms with van der Waals surface area (Å²) in [4.78, 5) is 0. The molecule has 0 saturated carbocycles. The minimum absolute atomic E-state index is 0.221. The Morgan fingerprint density at radius 3 is 1.73 bits per heavy atom. The molecule has 0 N–H and O–H groups in total. The molecule has 1 aliphatic rings. The normalized spacial score (nSPS) is 17.2. The van der Waals surface area contributed by atoms with Gasteiger partial charge >= 0.3 is 0 Å². The predicted molar refractivity (Wildman–Crippen MR) is 118 cm³/mol. The van der Waals surface area contributed by atoms with E-state index < -0.39 is 14.3 Å². The third-order valence-corrected chi connectivity index (χ3v) is 13.0. The molecule has 0 heterocycles. The summed E-state index contributed by atoms with van der Waals surface area (Å²) in [6, 6.07) is 10.4. The van der Waals surface area contributed by atoms with Crippen LogP contribution in [0, 0.1) is 5.41 Å². The first-order valence-corrected chi connectivity index (χ1v) is 14.4. The molecular formula is C22H34O2P2. The Kier molecular flexibility index (Phi) is 7.35. The van der Waals surface area contributed by atoms with Crippen LogP contribution in [0.25, 0.3) is 5.57 Å². The van der Waals surface area contributed by atoms with Crippen LogP contribution in [-0.2, 0) is 9.13 Å². The monoisotopic (exact) mass is 392 g/mol. The van der Waals surface area contributed by atoms with E-state index in [1.807, 2.05) is 33.8 Å². The summed E-state index contributed by atoms with van der Waals surface area (Å²) >= 11 is 0. The first kappa shape index (κ1) is 21.5. The van der Waals surface area contributed by atoms with Crippen LogP contribution in [0.5, 0.6) is 0 Å². The second kappa shape index (κ2) is 8.90. The molecule has 0 saturated heterocycles. The molecule has 4 heteroatoms. The molecule has 26 heavy (non-hydrogen) atoms. The van der Waals surface area contributed by atoms with E-state index in [-0.39, 0.29) is 5.41 Å². The van der Waals surface area contributed by atoms with E-state index in [9.17, 15) is 9.13 Å². The van der Waals surface area contributed by atoms with Crippen molar-refractivity contribution in [3.63, 3.8) is 0 Å². The molecule has 0 bridgehead atoms. The highest BCUT2D eigenvalue weighted by atomic mass is 31.2. The van der Waals surface area contributed by atoms with E-state index in [0.717, 1.165) is 31.1 Å². The van der Waals surface area contributed by atoms with Crippen LogP contribution in [0.15, 0.2) is 48.6 Å². The number of hydrogen-bond donors (Lipinski definition) is 0. The van der Waals surface area contributed by atoms with Crippen LogP contribution in [0.3, 0.4) is 0 Å². The molecule has 1 aromatic rings. The van der Waals surface area contributed by atoms with Crippen molar-refractivity contribution in [1.82, 2.24) is 0 Å². The Labute approximate surface area is 159 Å². The first-order chi connectivity index (χ1) is 12.3. The molecule has 0 spiro atoms. The highest BCUT2D eigenvalue weighted by Crippen LogP contribution is 2.58. The van der Waals surface area contributed by atoms with Gasteiger partial charge in [0.05, 0.1) is 14.3 Å². The molecule has 0 radical (unpaired) electrons. The van der Waals surface area contributed by atoms with Gasteiger partial charge in [0.1, 0.15) is 0 Å². The second-order valence-electron chi connectivity index (χ2n) is 7.62. The number of rotatable bonds is 9. The topological polar surface area (TPSA) is 34.1 Å². The van der Waals surface area contributed by atoms with Gasteiger partial charge in [-0.05, 0) is 42.2 Å². The van der Waals surface area contributed by atoms with Gasteiger partial charge in [0.15, 0.2) is 0 Å². The molecule has 0 fully saturated rings. The Bertz CT molecular complexity index is 703. The third-order valence-electron chi connectivity index (χ3n) is 5.96. The quantitative estimate of drug-likeness (QED) is 0.432. The maximum atomic E-state index is 13.3. The van der Waals surface area contributed by atoms with Crippen molar-refractivity contribution in [3.8, 4) is 0 Å². The minimum Gasteiger partial charge on any atom is -0.324 e. The molecule has 2 rings (SSSR count). The molecule has 0 amide bonds. The van der Waals surface area contributed by atoms with Crippen LogP contribution in [-0.4, -0.2) is 37.0 Å². The Hall–Kier alpha value is -0.840. The minimum atomic E-state index is -2.22. The van der Waals surface area contributed by atoms with Gasteiger partial charge in [-0.3, -0.25) is 0 Å². The van der Waals surface area contributed by atoms with Crippen LogP contribution in [0.2, 0.25) is 0 Å². The third kappa shape index (κ3) is 5.11. The van der Waals surface area contributed by atoms with E-state index in [1.54, 1.807) is 0 Å². The lowest BCUT2D eigenvalue weighted by Gasteiger charge is -2.38. The molecular weight excluding hydrogens is 358 g/mol. The lowest BCUT2D eigenvalue weighted by Crippen LogP contribution is -2.30. The molecule has 0 aliphatic heterocycles. The SMILES string of the molecule is CCP(=O)(CC)CC1(CP(=O)(CC)CC)C=CC(c2ccccc2)=CC1. The van der Waals surface area contributed by atoms with E-state index in [0.29, 0.717) is 12.3 Å². The Morgan fingerprint density at radius 2 is 1.35 bits per heavy atom. The average molecular weight is 392 g/mol. The maximum absolute atomic E-state index is 13.3. The first-order valence-electron chi connectivity index (χ1n) is 9.92. The van der Waals surface area contributed by atoms with Crippen LogP contribution in [0.4, 0.5) is 0 Å². The number of benzene rings is 1. The van der Waals surface area contributed by atoms with Gasteiger partial charge in [-0.1, -0.05) is 76.3 Å². The van der Waals surface area contributed by atoms with Crippen molar-refractivity contribution >= 4 is 19.9 Å². The van der Waals surface area contributed by atoms with Crippen molar-refractivity contribution in [3.05, 3.63) is 54.1 Å². The van der Waals surface area contributed by atoms with Gasteiger partial charge in [-0.15, -0.1) is 0 Å². The van der Waals surface area contributed by atoms with Crippen molar-refractivity contribution in [2.45, 2.75) is 34.1 Å². The highest BCUT2D eigenvalue weighted by Gasteiger charge is 2.39. The average Bonchev–Trinajstić information content (AvgIpc) is 2.69. The summed E-state index contributed by atoms with van der Waals surface area (Å²) in [7, 11) is -4.43. The molecule has 0 unspecified atom stereocenters. The zero-order valence-electron chi connectivity index (χ0n) is 16.8. The van der Waals surface area contributed by atoms with Crippen molar-refractivity contribution in [1.29, 1.82) is 0 Å². The number of hydrogen-bond acceptors (Lipinski definition) is 2. The summed E-state index contributed by atoms with van der Waals surface area (Å²) in [5, 5.41) is 0. The molecule has 144 valence electrons. The van der Waals surface area contributed by atoms with Gasteiger partial charge in [0, 0.05) is 17.7 Å². The van der Waals surface area contributed by atoms with E-state index in [2.05, 4.69) is 42.5 Å². The summed E-state index contributed by atoms with van der Waals surface area (Å²) < 4.78 is 26.6. The molecule has 2 nitrogen and oxygen atoms in total. The largest absolute Gasteiger partial charge is 0.324 e. The Balaban J connectivity index is 2.35. The van der Waals surface area contributed by atoms with Gasteiger partial charge in [0.25, 0.3) is 0 Å². The van der Waals surface area contributed by atoms with Crippen molar-refractivity contribution in [2.24, 2.45) is 5.41 Å². The van der Waals surface area contributed by atoms with Gasteiger partial charge in [0.2, 0.25) is 0 Å².